The molecule has 1 atom stereocenters. The molecule has 0 saturated carbocycles. The van der Waals surface area contributed by atoms with Gasteiger partial charge in [-0.05, 0) is 37.9 Å². The van der Waals surface area contributed by atoms with Crippen molar-refractivity contribution in [1.82, 2.24) is 9.47 Å². The third-order valence-electron chi connectivity index (χ3n) is 4.36. The predicted octanol–water partition coefficient (Wildman–Crippen LogP) is 2.60. The minimum Gasteiger partial charge on any atom is -0.497 e. The van der Waals surface area contributed by atoms with Gasteiger partial charge in [-0.15, -0.1) is 0 Å². The van der Waals surface area contributed by atoms with Crippen molar-refractivity contribution in [3.05, 3.63) is 65.1 Å². The maximum Gasteiger partial charge on any atom is 0.258 e. The molecular formula is C21H24N2O3. The van der Waals surface area contributed by atoms with E-state index in [4.69, 9.17) is 4.74 Å². The fraction of sp³-hybridized carbons (Fsp3) is 0.286. The molecule has 136 valence electrons. The topological polar surface area (TPSA) is 54.7 Å². The third kappa shape index (κ3) is 3.79. The Bertz CT molecular complexity index is 949. The second kappa shape index (κ2) is 7.72. The number of ether oxygens (including phenoxy) is 1. The van der Waals surface area contributed by atoms with Gasteiger partial charge >= 0.3 is 0 Å². The Morgan fingerprint density at radius 2 is 1.85 bits per heavy atom. The van der Waals surface area contributed by atoms with E-state index in [0.29, 0.717) is 17.7 Å². The smallest absolute Gasteiger partial charge is 0.258 e. The van der Waals surface area contributed by atoms with Gasteiger partial charge in [-0.2, -0.15) is 0 Å². The fourth-order valence-corrected chi connectivity index (χ4v) is 3.19. The summed E-state index contributed by atoms with van der Waals surface area (Å²) in [5.74, 6) is 0.708. The molecule has 0 bridgehead atoms. The fourth-order valence-electron chi connectivity index (χ4n) is 3.19. The van der Waals surface area contributed by atoms with E-state index in [9.17, 15) is 9.90 Å². The summed E-state index contributed by atoms with van der Waals surface area (Å²) in [6.07, 6.45) is 1.21. The quantitative estimate of drug-likeness (QED) is 0.741. The summed E-state index contributed by atoms with van der Waals surface area (Å²) in [7, 11) is 5.41. The third-order valence-corrected chi connectivity index (χ3v) is 4.36. The van der Waals surface area contributed by atoms with Crippen LogP contribution in [0, 0.1) is 0 Å². The number of methoxy groups -OCH3 is 1. The van der Waals surface area contributed by atoms with Gasteiger partial charge in [0.25, 0.3) is 5.56 Å². The molecule has 1 aromatic heterocycles. The minimum absolute atomic E-state index is 0.111. The molecule has 0 aliphatic rings. The maximum atomic E-state index is 12.9. The highest BCUT2D eigenvalue weighted by molar-refractivity contribution is 5.96. The van der Waals surface area contributed by atoms with Crippen molar-refractivity contribution in [3.8, 4) is 16.9 Å². The zero-order chi connectivity index (χ0) is 18.7. The first-order valence-corrected chi connectivity index (χ1v) is 8.59. The highest BCUT2D eigenvalue weighted by Crippen LogP contribution is 2.29. The average Bonchev–Trinajstić information content (AvgIpc) is 2.63. The number of fused-ring (bicyclic) bond motifs is 1. The van der Waals surface area contributed by atoms with Crippen LogP contribution in [0.1, 0.15) is 0 Å². The molecule has 0 amide bonds. The van der Waals surface area contributed by atoms with Crippen LogP contribution < -0.4 is 10.3 Å². The van der Waals surface area contributed by atoms with Crippen LogP contribution in [0.15, 0.2) is 59.5 Å². The SMILES string of the molecule is COc1ccc2c(=O)n(CC(O)CN(C)C)cc(-c3ccccc3)c2c1. The second-order valence-electron chi connectivity index (χ2n) is 6.69. The van der Waals surface area contributed by atoms with Gasteiger partial charge in [0.2, 0.25) is 0 Å². The Balaban J connectivity index is 2.18. The molecule has 0 spiro atoms. The Morgan fingerprint density at radius 3 is 2.50 bits per heavy atom. The summed E-state index contributed by atoms with van der Waals surface area (Å²) >= 11 is 0. The van der Waals surface area contributed by atoms with Crippen molar-refractivity contribution in [3.63, 3.8) is 0 Å². The predicted molar refractivity (Wildman–Crippen MR) is 105 cm³/mol. The van der Waals surface area contributed by atoms with Crippen molar-refractivity contribution in [2.75, 3.05) is 27.7 Å². The molecule has 0 aliphatic heterocycles. The van der Waals surface area contributed by atoms with Gasteiger partial charge in [-0.3, -0.25) is 4.79 Å². The summed E-state index contributed by atoms with van der Waals surface area (Å²) in [6, 6.07) is 15.4. The Kier molecular flexibility index (Phi) is 5.40. The summed E-state index contributed by atoms with van der Waals surface area (Å²) in [5.41, 5.74) is 1.85. The van der Waals surface area contributed by atoms with E-state index in [1.807, 2.05) is 61.6 Å². The van der Waals surface area contributed by atoms with Crippen molar-refractivity contribution >= 4 is 10.8 Å². The van der Waals surface area contributed by atoms with Crippen LogP contribution in [0.25, 0.3) is 21.9 Å². The molecule has 2 aromatic carbocycles. The normalized spacial score (nSPS) is 12.5. The largest absolute Gasteiger partial charge is 0.497 e. The molecule has 5 nitrogen and oxygen atoms in total. The molecular weight excluding hydrogens is 328 g/mol. The average molecular weight is 352 g/mol. The van der Waals surface area contributed by atoms with Crippen molar-refractivity contribution < 1.29 is 9.84 Å². The van der Waals surface area contributed by atoms with E-state index in [-0.39, 0.29) is 12.1 Å². The molecule has 0 radical (unpaired) electrons. The summed E-state index contributed by atoms with van der Waals surface area (Å²) in [5, 5.41) is 11.8. The van der Waals surface area contributed by atoms with E-state index >= 15 is 0 Å². The zero-order valence-corrected chi connectivity index (χ0v) is 15.3. The van der Waals surface area contributed by atoms with Crippen molar-refractivity contribution in [2.45, 2.75) is 12.6 Å². The number of rotatable bonds is 6. The van der Waals surface area contributed by atoms with Gasteiger partial charge in [-0.1, -0.05) is 30.3 Å². The number of likely N-dealkylation sites (N-methyl/N-ethyl adjacent to an activating group) is 1. The summed E-state index contributed by atoms with van der Waals surface area (Å²) < 4.78 is 6.94. The monoisotopic (exact) mass is 352 g/mol. The lowest BCUT2D eigenvalue weighted by molar-refractivity contribution is 0.119. The number of aliphatic hydroxyl groups excluding tert-OH is 1. The highest BCUT2D eigenvalue weighted by atomic mass is 16.5. The van der Waals surface area contributed by atoms with Crippen LogP contribution in [0.4, 0.5) is 0 Å². The first-order valence-electron chi connectivity index (χ1n) is 8.59. The number of hydrogen-bond acceptors (Lipinski definition) is 4. The Morgan fingerprint density at radius 1 is 1.12 bits per heavy atom. The van der Waals surface area contributed by atoms with E-state index in [1.54, 1.807) is 23.8 Å². The molecule has 0 fully saturated rings. The molecule has 3 aromatic rings. The number of pyridine rings is 1. The highest BCUT2D eigenvalue weighted by Gasteiger charge is 2.14. The number of aliphatic hydroxyl groups is 1. The van der Waals surface area contributed by atoms with Gasteiger partial charge in [0.1, 0.15) is 5.75 Å². The number of nitrogens with zero attached hydrogens (tertiary/aromatic N) is 2. The molecule has 1 heterocycles. The van der Waals surface area contributed by atoms with Gasteiger partial charge in [0, 0.05) is 29.1 Å². The number of aromatic nitrogens is 1. The first-order chi connectivity index (χ1) is 12.5. The molecule has 3 rings (SSSR count). The molecule has 26 heavy (non-hydrogen) atoms. The van der Waals surface area contributed by atoms with Gasteiger partial charge in [0.05, 0.1) is 19.8 Å². The Hall–Kier alpha value is -2.63. The van der Waals surface area contributed by atoms with E-state index in [1.165, 1.54) is 0 Å². The standard InChI is InChI=1S/C21H24N2O3/c1-22(2)12-16(24)13-23-14-20(15-7-5-4-6-8-15)19-11-17(26-3)9-10-18(19)21(23)25/h4-11,14,16,24H,12-13H2,1-3H3. The van der Waals surface area contributed by atoms with Crippen molar-refractivity contribution in [2.24, 2.45) is 0 Å². The lowest BCUT2D eigenvalue weighted by atomic mass is 10.0. The van der Waals surface area contributed by atoms with Crippen LogP contribution in [0.3, 0.4) is 0 Å². The molecule has 1 unspecified atom stereocenters. The van der Waals surface area contributed by atoms with Crippen LogP contribution in [-0.2, 0) is 6.54 Å². The second-order valence-corrected chi connectivity index (χ2v) is 6.69. The van der Waals surface area contributed by atoms with E-state index in [0.717, 1.165) is 16.5 Å². The zero-order valence-electron chi connectivity index (χ0n) is 15.3. The van der Waals surface area contributed by atoms with Gasteiger partial charge in [-0.25, -0.2) is 0 Å². The van der Waals surface area contributed by atoms with E-state index < -0.39 is 6.10 Å². The van der Waals surface area contributed by atoms with Crippen LogP contribution in [0.5, 0.6) is 5.75 Å². The van der Waals surface area contributed by atoms with Crippen LogP contribution in [0.2, 0.25) is 0 Å². The van der Waals surface area contributed by atoms with E-state index in [2.05, 4.69) is 0 Å². The first kappa shape index (κ1) is 18.2. The number of hydrogen-bond donors (Lipinski definition) is 1. The molecule has 5 heteroatoms. The summed E-state index contributed by atoms with van der Waals surface area (Å²) in [6.45, 7) is 0.743. The lowest BCUT2D eigenvalue weighted by Gasteiger charge is -2.19. The minimum atomic E-state index is -0.623. The molecule has 0 aliphatic carbocycles. The van der Waals surface area contributed by atoms with Gasteiger partial charge < -0.3 is 19.3 Å². The molecule has 1 N–H and O–H groups in total. The maximum absolute atomic E-state index is 12.9. The van der Waals surface area contributed by atoms with Crippen LogP contribution in [-0.4, -0.2) is 48.4 Å². The van der Waals surface area contributed by atoms with Crippen molar-refractivity contribution in [1.29, 1.82) is 0 Å². The lowest BCUT2D eigenvalue weighted by Crippen LogP contribution is -2.33. The van der Waals surface area contributed by atoms with Crippen LogP contribution >= 0.6 is 0 Å². The molecule has 0 saturated heterocycles. The summed E-state index contributed by atoms with van der Waals surface area (Å²) in [4.78, 5) is 14.8. The Labute approximate surface area is 153 Å². The number of benzene rings is 2. The van der Waals surface area contributed by atoms with Gasteiger partial charge in [0.15, 0.2) is 0 Å².